The molecule has 12 rings (SSSR count). The smallest absolute Gasteiger partial charge is 0.315 e. The standard InChI is InChI=1S/C26H31N5S.C24H25N7OS.C24H34N6O3/c1-4-5-15-21-30-22-23(19-13-9-10-14-20(19)29-24(22)27)31(21)17-26(2,3)16-28-25(32)18-11-7-6-8-12-18;1-2-32-15-20-30-21-22(18-9-3-4-10-19(18)29-23(21)26)31(20)12-6-11-27-24(33)28-17-8-5-7-16(13-17)14-25;1-2-32-16-20-29-21-22(18-10-6-7-11-19(18)28-23(21)25)30(20)13-15-33-14-12-26-24(31)27-17-8-4-3-5-9-17/h6-14H,4-5,15-17H2,1-3H3,(H2,27,29)(H,28,32);3-5,7-10,13H,2,6,11-12,15H2,1H3,(H2,26,29)(H2,27,28,33);6-7,10-11,17H,2-5,8-9,12-16H2,1H3,(H2,25,28)(H2,26,27,31). The number of amides is 2. The normalized spacial score (nSPS) is 12.5. The van der Waals surface area contributed by atoms with E-state index in [4.69, 9.17) is 76.1 Å². The van der Waals surface area contributed by atoms with Crippen LogP contribution in [0.1, 0.15) is 115 Å². The van der Waals surface area contributed by atoms with Gasteiger partial charge in [0.05, 0.1) is 57.9 Å². The van der Waals surface area contributed by atoms with Gasteiger partial charge in [-0.05, 0) is 93.6 Å². The molecule has 1 saturated carbocycles. The van der Waals surface area contributed by atoms with Gasteiger partial charge in [0.25, 0.3) is 0 Å². The number of aryl methyl sites for hydroxylation is 2. The molecule has 1 aliphatic rings. The number of anilines is 4. The quantitative estimate of drug-likeness (QED) is 0.0185. The fraction of sp³-hybridized carbons (Fsp3) is 0.378. The number of nitrogens with two attached hydrogens (primary N) is 3. The van der Waals surface area contributed by atoms with Crippen molar-refractivity contribution >= 4 is 130 Å². The lowest BCUT2D eigenvalue weighted by atomic mass is 9.92. The molecule has 1 aliphatic carbocycles. The minimum atomic E-state index is -0.112. The number of nitrogens with zero attached hydrogens (tertiary/aromatic N) is 10. The first-order valence-corrected chi connectivity index (χ1v) is 34.7. The van der Waals surface area contributed by atoms with E-state index in [1.165, 1.54) is 19.3 Å². The maximum atomic E-state index is 12.1. The second-order valence-corrected chi connectivity index (χ2v) is 25.8. The number of nitriles is 1. The molecule has 24 heteroatoms. The minimum Gasteiger partial charge on any atom is -0.382 e. The van der Waals surface area contributed by atoms with E-state index in [1.54, 1.807) is 12.1 Å². The van der Waals surface area contributed by atoms with E-state index in [-0.39, 0.29) is 11.4 Å². The average Bonchev–Trinajstić information content (AvgIpc) is 1.60. The Balaban J connectivity index is 0.000000159. The van der Waals surface area contributed by atoms with E-state index in [0.717, 1.165) is 140 Å². The molecule has 2 amide bonds. The zero-order chi connectivity index (χ0) is 69.0. The number of rotatable bonds is 26. The van der Waals surface area contributed by atoms with Gasteiger partial charge in [0, 0.05) is 92.4 Å². The number of para-hydroxylation sites is 3. The number of nitrogen functional groups attached to an aromatic ring is 3. The second kappa shape index (κ2) is 34.5. The zero-order valence-electron chi connectivity index (χ0n) is 56.7. The number of hydrogen-bond acceptors (Lipinski definition) is 16. The second-order valence-electron chi connectivity index (χ2n) is 25.0. The molecule has 11 N–H and O–H groups in total. The average molecular weight is 1360 g/mol. The van der Waals surface area contributed by atoms with Crippen LogP contribution < -0.4 is 43.8 Å². The Morgan fingerprint density at radius 2 is 1.14 bits per heavy atom. The first-order chi connectivity index (χ1) is 47.7. The van der Waals surface area contributed by atoms with Gasteiger partial charge in [-0.25, -0.2) is 34.7 Å². The molecule has 512 valence electrons. The third kappa shape index (κ3) is 18.1. The lowest BCUT2D eigenvalue weighted by molar-refractivity contribution is 0.114. The Morgan fingerprint density at radius 3 is 1.70 bits per heavy atom. The van der Waals surface area contributed by atoms with Gasteiger partial charge in [-0.3, -0.25) is 0 Å². The lowest BCUT2D eigenvalue weighted by Crippen LogP contribution is -2.43. The van der Waals surface area contributed by atoms with Crippen LogP contribution >= 0.6 is 24.4 Å². The number of benzene rings is 5. The predicted octanol–water partition coefficient (Wildman–Crippen LogP) is 12.8. The summed E-state index contributed by atoms with van der Waals surface area (Å²) in [4.78, 5) is 40.9. The molecule has 0 bridgehead atoms. The fourth-order valence-electron chi connectivity index (χ4n) is 12.3. The summed E-state index contributed by atoms with van der Waals surface area (Å²) in [7, 11) is 0. The van der Waals surface area contributed by atoms with Crippen LogP contribution in [0.25, 0.3) is 65.8 Å². The van der Waals surface area contributed by atoms with E-state index in [2.05, 4.69) is 88.1 Å². The van der Waals surface area contributed by atoms with Gasteiger partial charge in [0.1, 0.15) is 52.2 Å². The summed E-state index contributed by atoms with van der Waals surface area (Å²) in [5, 5.41) is 28.4. The van der Waals surface area contributed by atoms with E-state index in [1.807, 2.05) is 123 Å². The Labute approximate surface area is 582 Å². The van der Waals surface area contributed by atoms with Crippen LogP contribution in [0, 0.1) is 16.7 Å². The minimum absolute atomic E-state index is 0.0629. The summed E-state index contributed by atoms with van der Waals surface area (Å²) in [6.45, 7) is 17.6. The highest BCUT2D eigenvalue weighted by Gasteiger charge is 2.26. The van der Waals surface area contributed by atoms with Crippen molar-refractivity contribution in [2.75, 3.05) is 68.6 Å². The molecular formula is C74H90N18O4S2. The summed E-state index contributed by atoms with van der Waals surface area (Å²) in [5.41, 5.74) is 28.9. The molecule has 1 fully saturated rings. The number of imidazole rings is 3. The Bertz CT molecular complexity index is 4580. The predicted molar refractivity (Wildman–Crippen MR) is 402 cm³/mol. The monoisotopic (exact) mass is 1360 g/mol. The van der Waals surface area contributed by atoms with Crippen LogP contribution in [-0.2, 0) is 53.5 Å². The molecule has 6 aromatic heterocycles. The molecule has 11 aromatic rings. The molecule has 0 atom stereocenters. The molecule has 98 heavy (non-hydrogen) atoms. The topological polar surface area (TPSA) is 299 Å². The highest BCUT2D eigenvalue weighted by Crippen LogP contribution is 2.34. The fourth-order valence-corrected chi connectivity index (χ4v) is 12.7. The van der Waals surface area contributed by atoms with Gasteiger partial charge < -0.3 is 71.7 Å². The number of carbonyl (C=O) groups excluding carboxylic acids is 1. The number of pyridine rings is 3. The molecule has 0 spiro atoms. The molecule has 5 aromatic carbocycles. The van der Waals surface area contributed by atoms with Crippen molar-refractivity contribution in [1.29, 1.82) is 5.26 Å². The molecule has 22 nitrogen and oxygen atoms in total. The molecule has 0 unspecified atom stereocenters. The van der Waals surface area contributed by atoms with Gasteiger partial charge in [-0.15, -0.1) is 0 Å². The molecule has 0 aliphatic heterocycles. The number of aromatic nitrogens is 9. The number of hydrogen-bond donors (Lipinski definition) is 8. The molecule has 0 radical (unpaired) electrons. The molecular weight excluding hydrogens is 1270 g/mol. The van der Waals surface area contributed by atoms with E-state index in [0.29, 0.717) is 111 Å². The van der Waals surface area contributed by atoms with Crippen LogP contribution in [0.4, 0.5) is 27.9 Å². The Hall–Kier alpha value is -9.64. The van der Waals surface area contributed by atoms with Crippen molar-refractivity contribution in [2.24, 2.45) is 5.41 Å². The number of thiocarbonyl (C=S) groups is 2. The third-order valence-corrected chi connectivity index (χ3v) is 17.7. The van der Waals surface area contributed by atoms with Gasteiger partial charge >= 0.3 is 6.03 Å². The van der Waals surface area contributed by atoms with Crippen molar-refractivity contribution in [3.63, 3.8) is 0 Å². The lowest BCUT2D eigenvalue weighted by Gasteiger charge is -2.28. The number of ether oxygens (including phenoxy) is 3. The maximum absolute atomic E-state index is 12.1. The van der Waals surface area contributed by atoms with Crippen LogP contribution in [0.2, 0.25) is 0 Å². The SMILES string of the molecule is CCCCc1nc2c(N)nc3ccccc3c2n1CC(C)(C)CNC(=S)c1ccccc1.CCOCc1nc2c(N)nc3ccccc3c2n1CCCNC(=S)Nc1cccc(C#N)c1.CCOCc1nc2c(N)nc3ccccc3c2n1CCOCCNC(=O)NC1CCCCC1. The molecule has 6 heterocycles. The first-order valence-electron chi connectivity index (χ1n) is 33.9. The van der Waals surface area contributed by atoms with E-state index >= 15 is 0 Å². The van der Waals surface area contributed by atoms with Crippen LogP contribution in [0.15, 0.2) is 127 Å². The van der Waals surface area contributed by atoms with Crippen molar-refractivity contribution < 1.29 is 19.0 Å². The van der Waals surface area contributed by atoms with Gasteiger partial charge in [0.15, 0.2) is 22.6 Å². The number of unbranched alkanes of at least 4 members (excludes halogenated alkanes) is 1. The van der Waals surface area contributed by atoms with Gasteiger partial charge in [-0.2, -0.15) is 5.26 Å². The van der Waals surface area contributed by atoms with E-state index < -0.39 is 0 Å². The maximum Gasteiger partial charge on any atom is 0.315 e. The van der Waals surface area contributed by atoms with Gasteiger partial charge in [-0.1, -0.05) is 150 Å². The summed E-state index contributed by atoms with van der Waals surface area (Å²) < 4.78 is 23.7. The molecule has 0 saturated heterocycles. The van der Waals surface area contributed by atoms with Gasteiger partial charge in [0.2, 0.25) is 0 Å². The largest absolute Gasteiger partial charge is 0.382 e. The highest BCUT2D eigenvalue weighted by molar-refractivity contribution is 7.80. The first kappa shape index (κ1) is 71.1. The number of nitrogens with one attached hydrogen (secondary N) is 5. The number of urea groups is 1. The summed E-state index contributed by atoms with van der Waals surface area (Å²) in [6, 6.07) is 43.6. The number of fused-ring (bicyclic) bond motifs is 9. The third-order valence-electron chi connectivity index (χ3n) is 17.1. The van der Waals surface area contributed by atoms with Crippen molar-refractivity contribution in [1.82, 2.24) is 64.9 Å². The van der Waals surface area contributed by atoms with Crippen LogP contribution in [-0.4, -0.2) is 112 Å². The van der Waals surface area contributed by atoms with Crippen molar-refractivity contribution in [2.45, 2.75) is 131 Å². The van der Waals surface area contributed by atoms with E-state index in [9.17, 15) is 4.79 Å². The summed E-state index contributed by atoms with van der Waals surface area (Å²) in [5.74, 6) is 4.02. The Kier molecular flexibility index (Phi) is 25.1. The van der Waals surface area contributed by atoms with Crippen molar-refractivity contribution in [3.8, 4) is 6.07 Å². The highest BCUT2D eigenvalue weighted by atomic mass is 32.1. The van der Waals surface area contributed by atoms with Crippen LogP contribution in [0.3, 0.4) is 0 Å². The summed E-state index contributed by atoms with van der Waals surface area (Å²) >= 11 is 11.0. The summed E-state index contributed by atoms with van der Waals surface area (Å²) in [6.07, 6.45) is 9.73. The van der Waals surface area contributed by atoms with Crippen molar-refractivity contribution in [3.05, 3.63) is 156 Å². The Morgan fingerprint density at radius 1 is 0.602 bits per heavy atom. The van der Waals surface area contributed by atoms with Crippen LogP contribution in [0.5, 0.6) is 0 Å². The number of carbonyl (C=O) groups is 1. The zero-order valence-corrected chi connectivity index (χ0v) is 58.3.